The molecule has 1 aliphatic rings. The molecule has 0 spiro atoms. The second-order valence-corrected chi connectivity index (χ2v) is 2.46. The third kappa shape index (κ3) is 2.19. The molecule has 0 aliphatic carbocycles. The Morgan fingerprint density at radius 3 is 3.00 bits per heavy atom. The fourth-order valence-electron chi connectivity index (χ4n) is 1.09. The molecule has 1 heterocycles. The van der Waals surface area contributed by atoms with Crippen molar-refractivity contribution >= 4 is 5.91 Å². The van der Waals surface area contributed by atoms with Crippen LogP contribution in [0.25, 0.3) is 0 Å². The molecular formula is C7H12N2O. The quantitative estimate of drug-likeness (QED) is 0.521. The smallest absolute Gasteiger partial charge is 0.241 e. The van der Waals surface area contributed by atoms with Gasteiger partial charge in [0.25, 0.3) is 0 Å². The molecule has 56 valence electrons. The fourth-order valence-corrected chi connectivity index (χ4v) is 1.09. The highest BCUT2D eigenvalue weighted by atomic mass is 16.1. The van der Waals surface area contributed by atoms with Crippen LogP contribution in [-0.2, 0) is 4.79 Å². The summed E-state index contributed by atoms with van der Waals surface area (Å²) >= 11 is 0. The molecule has 1 aliphatic heterocycles. The van der Waals surface area contributed by atoms with E-state index in [0.717, 1.165) is 13.0 Å². The number of nitrogens with one attached hydrogen (secondary N) is 1. The average molecular weight is 140 g/mol. The first-order chi connectivity index (χ1) is 4.79. The van der Waals surface area contributed by atoms with Gasteiger partial charge in [-0.15, -0.1) is 0 Å². The van der Waals surface area contributed by atoms with Crippen LogP contribution in [0.15, 0.2) is 12.2 Å². The highest BCUT2D eigenvalue weighted by Gasteiger charge is 2.09. The van der Waals surface area contributed by atoms with Gasteiger partial charge in [0, 0.05) is 12.1 Å². The normalized spacial score (nSPS) is 25.8. The van der Waals surface area contributed by atoms with Crippen molar-refractivity contribution < 1.29 is 4.79 Å². The van der Waals surface area contributed by atoms with Crippen LogP contribution in [0.3, 0.4) is 0 Å². The topological polar surface area (TPSA) is 55.1 Å². The summed E-state index contributed by atoms with van der Waals surface area (Å²) in [6.07, 6.45) is 5.55. The molecule has 3 heteroatoms. The molecule has 3 N–H and O–H groups in total. The van der Waals surface area contributed by atoms with Gasteiger partial charge in [-0.1, -0.05) is 6.08 Å². The zero-order chi connectivity index (χ0) is 7.40. The van der Waals surface area contributed by atoms with E-state index < -0.39 is 0 Å². The van der Waals surface area contributed by atoms with Crippen LogP contribution >= 0.6 is 0 Å². The minimum absolute atomic E-state index is 0.367. The Morgan fingerprint density at radius 1 is 1.70 bits per heavy atom. The van der Waals surface area contributed by atoms with Crippen LogP contribution in [0.4, 0.5) is 0 Å². The average Bonchev–Trinajstić information content (AvgIpc) is 2.34. The van der Waals surface area contributed by atoms with E-state index in [0.29, 0.717) is 6.04 Å². The van der Waals surface area contributed by atoms with Gasteiger partial charge in [-0.05, 0) is 19.4 Å². The number of primary amides is 1. The first kappa shape index (κ1) is 7.28. The van der Waals surface area contributed by atoms with E-state index in [-0.39, 0.29) is 5.91 Å². The van der Waals surface area contributed by atoms with E-state index in [9.17, 15) is 4.79 Å². The maximum Gasteiger partial charge on any atom is 0.241 e. The molecule has 0 radical (unpaired) electrons. The maximum absolute atomic E-state index is 10.3. The molecule has 0 saturated carbocycles. The van der Waals surface area contributed by atoms with Crippen molar-refractivity contribution in [3.63, 3.8) is 0 Å². The lowest BCUT2D eigenvalue weighted by Gasteiger charge is -1.99. The predicted molar refractivity (Wildman–Crippen MR) is 39.4 cm³/mol. The van der Waals surface area contributed by atoms with E-state index in [2.05, 4.69) is 5.32 Å². The fraction of sp³-hybridized carbons (Fsp3) is 0.571. The molecule has 1 rings (SSSR count). The van der Waals surface area contributed by atoms with Crippen molar-refractivity contribution in [2.24, 2.45) is 5.73 Å². The molecule has 10 heavy (non-hydrogen) atoms. The van der Waals surface area contributed by atoms with Gasteiger partial charge in [0.15, 0.2) is 0 Å². The van der Waals surface area contributed by atoms with Crippen molar-refractivity contribution in [1.29, 1.82) is 0 Å². The van der Waals surface area contributed by atoms with Gasteiger partial charge in [0.05, 0.1) is 0 Å². The van der Waals surface area contributed by atoms with Gasteiger partial charge in [-0.2, -0.15) is 0 Å². The Kier molecular flexibility index (Phi) is 2.45. The van der Waals surface area contributed by atoms with Crippen molar-refractivity contribution in [2.45, 2.75) is 18.9 Å². The Balaban J connectivity index is 2.29. The zero-order valence-corrected chi connectivity index (χ0v) is 5.84. The summed E-state index contributed by atoms with van der Waals surface area (Å²) < 4.78 is 0. The van der Waals surface area contributed by atoms with E-state index in [4.69, 9.17) is 5.73 Å². The third-order valence-corrected chi connectivity index (χ3v) is 1.59. The van der Waals surface area contributed by atoms with Gasteiger partial charge in [-0.3, -0.25) is 4.79 Å². The molecule has 0 aromatic carbocycles. The minimum Gasteiger partial charge on any atom is -0.366 e. The van der Waals surface area contributed by atoms with Crippen LogP contribution in [0.2, 0.25) is 0 Å². The number of hydrogen-bond donors (Lipinski definition) is 2. The molecule has 1 atom stereocenters. The van der Waals surface area contributed by atoms with Crippen molar-refractivity contribution in [1.82, 2.24) is 5.32 Å². The van der Waals surface area contributed by atoms with Crippen LogP contribution in [0, 0.1) is 0 Å². The Bertz CT molecular complexity index is 148. The largest absolute Gasteiger partial charge is 0.366 e. The van der Waals surface area contributed by atoms with E-state index in [1.807, 2.05) is 6.08 Å². The Hall–Kier alpha value is -0.830. The van der Waals surface area contributed by atoms with Gasteiger partial charge in [0.2, 0.25) is 5.91 Å². The van der Waals surface area contributed by atoms with Gasteiger partial charge in [-0.25, -0.2) is 0 Å². The molecule has 0 bridgehead atoms. The number of carbonyl (C=O) groups excluding carboxylic acids is 1. The van der Waals surface area contributed by atoms with Gasteiger partial charge in [0.1, 0.15) is 0 Å². The molecule has 3 nitrogen and oxygen atoms in total. The Labute approximate surface area is 60.3 Å². The van der Waals surface area contributed by atoms with E-state index in [1.54, 1.807) is 0 Å². The molecule has 1 amide bonds. The summed E-state index contributed by atoms with van der Waals surface area (Å²) in [5.41, 5.74) is 4.92. The summed E-state index contributed by atoms with van der Waals surface area (Å²) in [6, 6.07) is 0.368. The van der Waals surface area contributed by atoms with Crippen LogP contribution in [-0.4, -0.2) is 18.5 Å². The first-order valence-corrected chi connectivity index (χ1v) is 3.50. The number of nitrogens with two attached hydrogens (primary N) is 1. The SMILES string of the molecule is NC(=O)C=CC1CCCN1. The molecule has 1 fully saturated rings. The highest BCUT2D eigenvalue weighted by molar-refractivity contribution is 5.85. The molecular weight excluding hydrogens is 128 g/mol. The molecule has 1 unspecified atom stereocenters. The summed E-state index contributed by atoms with van der Waals surface area (Å²) in [5, 5.41) is 3.22. The number of amides is 1. The Morgan fingerprint density at radius 2 is 2.50 bits per heavy atom. The lowest BCUT2D eigenvalue weighted by molar-refractivity contribution is -0.113. The molecule has 1 saturated heterocycles. The van der Waals surface area contributed by atoms with Crippen LogP contribution < -0.4 is 11.1 Å². The van der Waals surface area contributed by atoms with E-state index in [1.165, 1.54) is 12.5 Å². The van der Waals surface area contributed by atoms with Gasteiger partial charge < -0.3 is 11.1 Å². The second kappa shape index (κ2) is 3.37. The summed E-state index contributed by atoms with van der Waals surface area (Å²) in [5.74, 6) is -0.367. The van der Waals surface area contributed by atoms with Crippen molar-refractivity contribution in [3.8, 4) is 0 Å². The minimum atomic E-state index is -0.367. The summed E-state index contributed by atoms with van der Waals surface area (Å²) in [7, 11) is 0. The van der Waals surface area contributed by atoms with Crippen LogP contribution in [0.5, 0.6) is 0 Å². The standard InChI is InChI=1S/C7H12N2O/c8-7(10)4-3-6-2-1-5-9-6/h3-4,6,9H,1-2,5H2,(H2,8,10). The molecule has 0 aromatic rings. The molecule has 0 aromatic heterocycles. The van der Waals surface area contributed by atoms with Crippen LogP contribution in [0.1, 0.15) is 12.8 Å². The maximum atomic E-state index is 10.3. The second-order valence-electron chi connectivity index (χ2n) is 2.46. The highest BCUT2D eigenvalue weighted by Crippen LogP contribution is 2.04. The summed E-state index contributed by atoms with van der Waals surface area (Å²) in [6.45, 7) is 1.05. The lowest BCUT2D eigenvalue weighted by atomic mass is 10.2. The van der Waals surface area contributed by atoms with Crippen molar-refractivity contribution in [2.75, 3.05) is 6.54 Å². The number of rotatable bonds is 2. The summed E-state index contributed by atoms with van der Waals surface area (Å²) in [4.78, 5) is 10.3. The number of carbonyl (C=O) groups is 1. The predicted octanol–water partition coefficient (Wildman–Crippen LogP) is -0.220. The van der Waals surface area contributed by atoms with Crippen molar-refractivity contribution in [3.05, 3.63) is 12.2 Å². The monoisotopic (exact) mass is 140 g/mol. The van der Waals surface area contributed by atoms with Gasteiger partial charge >= 0.3 is 0 Å². The number of hydrogen-bond acceptors (Lipinski definition) is 2. The third-order valence-electron chi connectivity index (χ3n) is 1.59. The lowest BCUT2D eigenvalue weighted by Crippen LogP contribution is -2.19. The first-order valence-electron chi connectivity index (χ1n) is 3.50. The van der Waals surface area contributed by atoms with E-state index >= 15 is 0 Å². The zero-order valence-electron chi connectivity index (χ0n) is 5.84.